The smallest absolute Gasteiger partial charge is 0.333 e. The van der Waals surface area contributed by atoms with Crippen LogP contribution < -0.4 is 4.74 Å². The highest BCUT2D eigenvalue weighted by Gasteiger charge is 2.33. The average Bonchev–Trinajstić information content (AvgIpc) is 2.75. The number of rotatable bonds is 6. The van der Waals surface area contributed by atoms with Gasteiger partial charge in [0.25, 0.3) is 0 Å². The Morgan fingerprint density at radius 2 is 1.45 bits per heavy atom. The second-order valence-electron chi connectivity index (χ2n) is 9.97. The molecule has 0 atom stereocenters. The quantitative estimate of drug-likeness (QED) is 0.297. The molecular formula is C27H38O4. The molecule has 0 N–H and O–H groups in total. The fraction of sp³-hybridized carbons (Fsp3) is 0.630. The van der Waals surface area contributed by atoms with Gasteiger partial charge in [0, 0.05) is 5.57 Å². The third-order valence-electron chi connectivity index (χ3n) is 7.27. The molecule has 4 nitrogen and oxygen atoms in total. The van der Waals surface area contributed by atoms with E-state index in [4.69, 9.17) is 9.47 Å². The molecule has 1 aromatic rings. The Hall–Kier alpha value is -2.10. The highest BCUT2D eigenvalue weighted by atomic mass is 16.5. The summed E-state index contributed by atoms with van der Waals surface area (Å²) in [6, 6.07) is 3.84. The van der Waals surface area contributed by atoms with Crippen LogP contribution >= 0.6 is 0 Å². The first-order valence-corrected chi connectivity index (χ1v) is 11.9. The second kappa shape index (κ2) is 10.5. The predicted molar refractivity (Wildman–Crippen MR) is 123 cm³/mol. The van der Waals surface area contributed by atoms with Crippen molar-refractivity contribution < 1.29 is 19.1 Å². The lowest BCUT2D eigenvalue weighted by Gasteiger charge is -2.36. The molecule has 0 unspecified atom stereocenters. The molecule has 170 valence electrons. The van der Waals surface area contributed by atoms with Crippen molar-refractivity contribution in [1.82, 2.24) is 0 Å². The van der Waals surface area contributed by atoms with Crippen molar-refractivity contribution in [1.29, 1.82) is 0 Å². The van der Waals surface area contributed by atoms with Crippen molar-refractivity contribution in [3.8, 4) is 5.75 Å². The molecule has 2 aliphatic rings. The summed E-state index contributed by atoms with van der Waals surface area (Å²) in [6.45, 7) is 11.6. The molecule has 1 aromatic carbocycles. The van der Waals surface area contributed by atoms with Crippen molar-refractivity contribution in [3.05, 3.63) is 41.0 Å². The van der Waals surface area contributed by atoms with Gasteiger partial charge in [0.05, 0.1) is 5.92 Å². The maximum Gasteiger partial charge on any atom is 0.333 e. The van der Waals surface area contributed by atoms with E-state index >= 15 is 0 Å². The summed E-state index contributed by atoms with van der Waals surface area (Å²) in [6.07, 6.45) is 9.68. The van der Waals surface area contributed by atoms with E-state index in [1.165, 1.54) is 25.7 Å². The van der Waals surface area contributed by atoms with Gasteiger partial charge in [-0.25, -0.2) is 4.79 Å². The van der Waals surface area contributed by atoms with Crippen LogP contribution in [0.15, 0.2) is 24.3 Å². The second-order valence-corrected chi connectivity index (χ2v) is 9.97. The van der Waals surface area contributed by atoms with Gasteiger partial charge in [0.1, 0.15) is 12.4 Å². The summed E-state index contributed by atoms with van der Waals surface area (Å²) in [7, 11) is 0. The van der Waals surface area contributed by atoms with E-state index in [0.717, 1.165) is 60.1 Å². The van der Waals surface area contributed by atoms with Crippen LogP contribution in [0.1, 0.15) is 81.9 Å². The maximum atomic E-state index is 12.9. The number of ether oxygens (including phenoxy) is 2. The zero-order valence-electron chi connectivity index (χ0n) is 19.7. The molecule has 2 fully saturated rings. The fourth-order valence-corrected chi connectivity index (χ4v) is 5.32. The summed E-state index contributed by atoms with van der Waals surface area (Å²) in [5.74, 6) is 2.70. The molecule has 3 rings (SSSR count). The summed E-state index contributed by atoms with van der Waals surface area (Å²) in [4.78, 5) is 24.5. The number of aryl methyl sites for hydroxylation is 2. The summed E-state index contributed by atoms with van der Waals surface area (Å²) < 4.78 is 11.1. The molecule has 0 spiro atoms. The van der Waals surface area contributed by atoms with Gasteiger partial charge in [-0.15, -0.1) is 0 Å². The maximum absolute atomic E-state index is 12.9. The normalized spacial score (nSPS) is 26.2. The van der Waals surface area contributed by atoms with Crippen molar-refractivity contribution in [3.63, 3.8) is 0 Å². The molecule has 4 heteroatoms. The number of benzene rings is 1. The summed E-state index contributed by atoms with van der Waals surface area (Å²) in [5.41, 5.74) is 3.04. The molecule has 0 amide bonds. The van der Waals surface area contributed by atoms with Gasteiger partial charge in [-0.3, -0.25) is 4.79 Å². The minimum atomic E-state index is -0.399. The minimum Gasteiger partial charge on any atom is -0.457 e. The van der Waals surface area contributed by atoms with Crippen LogP contribution in [0, 0.1) is 37.5 Å². The number of esters is 2. The van der Waals surface area contributed by atoms with Crippen molar-refractivity contribution >= 4 is 11.9 Å². The lowest BCUT2D eigenvalue weighted by molar-refractivity contribution is -0.141. The van der Waals surface area contributed by atoms with Crippen molar-refractivity contribution in [2.45, 2.75) is 85.7 Å². The Labute approximate surface area is 187 Å². The Bertz CT molecular complexity index is 786. The van der Waals surface area contributed by atoms with E-state index in [1.54, 1.807) is 6.92 Å². The van der Waals surface area contributed by atoms with Crippen molar-refractivity contribution in [2.75, 3.05) is 0 Å². The largest absolute Gasteiger partial charge is 0.457 e. The Morgan fingerprint density at radius 3 is 1.97 bits per heavy atom. The van der Waals surface area contributed by atoms with Gasteiger partial charge in [0.15, 0.2) is 0 Å². The number of hydrogen-bond donors (Lipinski definition) is 0. The minimum absolute atomic E-state index is 0.00811. The summed E-state index contributed by atoms with van der Waals surface area (Å²) in [5, 5.41) is 0. The molecule has 0 radical (unpaired) electrons. The standard InChI is InChI=1S/C27H38O4/c1-17(2)26(28)30-16-21-14-19(4)25(20(5)15-21)31-27(29)24-12-10-23(11-13-24)22-8-6-18(3)7-9-22/h14-15,18,22-24H,1,6-13,16H2,2-5H3. The molecule has 0 bridgehead atoms. The SMILES string of the molecule is C=C(C)C(=O)OCc1cc(C)c(OC(=O)C2CCC(C3CCC(C)CC3)CC2)c(C)c1. The Kier molecular flexibility index (Phi) is 7.96. The van der Waals surface area contributed by atoms with E-state index in [9.17, 15) is 9.59 Å². The highest BCUT2D eigenvalue weighted by Crippen LogP contribution is 2.41. The lowest BCUT2D eigenvalue weighted by atomic mass is 9.69. The number of carbonyl (C=O) groups excluding carboxylic acids is 2. The molecule has 0 heterocycles. The first kappa shape index (κ1) is 23.6. The van der Waals surface area contributed by atoms with Crippen LogP contribution in [-0.2, 0) is 20.9 Å². The lowest BCUT2D eigenvalue weighted by Crippen LogP contribution is -2.30. The zero-order chi connectivity index (χ0) is 22.5. The third kappa shape index (κ3) is 6.21. The zero-order valence-corrected chi connectivity index (χ0v) is 19.7. The van der Waals surface area contributed by atoms with Crippen LogP contribution in [-0.4, -0.2) is 11.9 Å². The van der Waals surface area contributed by atoms with Gasteiger partial charge in [-0.05, 0) is 106 Å². The highest BCUT2D eigenvalue weighted by molar-refractivity contribution is 5.86. The monoisotopic (exact) mass is 426 g/mol. The van der Waals surface area contributed by atoms with Gasteiger partial charge in [-0.2, -0.15) is 0 Å². The molecule has 2 saturated carbocycles. The van der Waals surface area contributed by atoms with Gasteiger partial charge in [0.2, 0.25) is 0 Å². The average molecular weight is 427 g/mol. The molecule has 2 aliphatic carbocycles. The van der Waals surface area contributed by atoms with Crippen LogP contribution in [0.25, 0.3) is 0 Å². The molecule has 0 saturated heterocycles. The molecule has 31 heavy (non-hydrogen) atoms. The van der Waals surface area contributed by atoms with Gasteiger partial charge < -0.3 is 9.47 Å². The predicted octanol–water partition coefficient (Wildman–Crippen LogP) is 6.46. The van der Waals surface area contributed by atoms with E-state index in [-0.39, 0.29) is 18.5 Å². The summed E-state index contributed by atoms with van der Waals surface area (Å²) >= 11 is 0. The molecule has 0 aliphatic heterocycles. The van der Waals surface area contributed by atoms with Crippen LogP contribution in [0.5, 0.6) is 5.75 Å². The Morgan fingerprint density at radius 1 is 0.935 bits per heavy atom. The van der Waals surface area contributed by atoms with Gasteiger partial charge >= 0.3 is 11.9 Å². The van der Waals surface area contributed by atoms with Crippen LogP contribution in [0.4, 0.5) is 0 Å². The van der Waals surface area contributed by atoms with E-state index in [1.807, 2.05) is 26.0 Å². The van der Waals surface area contributed by atoms with Crippen LogP contribution in [0.3, 0.4) is 0 Å². The number of carbonyl (C=O) groups is 2. The number of hydrogen-bond acceptors (Lipinski definition) is 4. The van der Waals surface area contributed by atoms with E-state index in [2.05, 4.69) is 13.5 Å². The fourth-order valence-electron chi connectivity index (χ4n) is 5.32. The van der Waals surface area contributed by atoms with Crippen LogP contribution in [0.2, 0.25) is 0 Å². The Balaban J connectivity index is 1.53. The van der Waals surface area contributed by atoms with Gasteiger partial charge in [-0.1, -0.05) is 26.3 Å². The van der Waals surface area contributed by atoms with E-state index < -0.39 is 5.97 Å². The first-order chi connectivity index (χ1) is 14.7. The topological polar surface area (TPSA) is 52.6 Å². The third-order valence-corrected chi connectivity index (χ3v) is 7.27. The molecular weight excluding hydrogens is 388 g/mol. The van der Waals surface area contributed by atoms with Crippen molar-refractivity contribution in [2.24, 2.45) is 23.7 Å². The molecule has 0 aromatic heterocycles. The first-order valence-electron chi connectivity index (χ1n) is 11.9. The van der Waals surface area contributed by atoms with E-state index in [0.29, 0.717) is 11.3 Å².